The van der Waals surface area contributed by atoms with Crippen LogP contribution in [0.2, 0.25) is 0 Å². The Morgan fingerprint density at radius 1 is 1.26 bits per heavy atom. The first-order valence-corrected chi connectivity index (χ1v) is 6.87. The molecule has 0 amide bonds. The summed E-state index contributed by atoms with van der Waals surface area (Å²) in [6.07, 6.45) is 7.76. The summed E-state index contributed by atoms with van der Waals surface area (Å²) >= 11 is 0. The first-order chi connectivity index (χ1) is 9.38. The standard InChI is InChI=1S/C16H22O3/c1-17-15-8-6-14(7-9-15)13-18-12-10-16-5-3-2-4-11-19-16/h3,5-9,16H,2,4,10-13H2,1H3/t16-/m0/s1. The van der Waals surface area contributed by atoms with E-state index in [4.69, 9.17) is 14.2 Å². The van der Waals surface area contributed by atoms with Gasteiger partial charge in [0, 0.05) is 19.6 Å². The second-order valence-corrected chi connectivity index (χ2v) is 4.67. The molecule has 1 aromatic carbocycles. The lowest BCUT2D eigenvalue weighted by Gasteiger charge is -2.12. The lowest BCUT2D eigenvalue weighted by atomic mass is 10.2. The summed E-state index contributed by atoms with van der Waals surface area (Å²) in [6, 6.07) is 7.97. The van der Waals surface area contributed by atoms with Crippen LogP contribution in [0.25, 0.3) is 0 Å². The van der Waals surface area contributed by atoms with Crippen molar-refractivity contribution < 1.29 is 14.2 Å². The van der Waals surface area contributed by atoms with Gasteiger partial charge in [0.15, 0.2) is 0 Å². The minimum atomic E-state index is 0.221. The molecule has 3 nitrogen and oxygen atoms in total. The van der Waals surface area contributed by atoms with Crippen molar-refractivity contribution in [2.45, 2.75) is 32.0 Å². The Bertz CT molecular complexity index is 383. The maximum Gasteiger partial charge on any atom is 0.118 e. The van der Waals surface area contributed by atoms with Crippen molar-refractivity contribution in [1.29, 1.82) is 0 Å². The first kappa shape index (κ1) is 14.1. The van der Waals surface area contributed by atoms with Gasteiger partial charge in [0.05, 0.1) is 19.8 Å². The van der Waals surface area contributed by atoms with Crippen molar-refractivity contribution in [3.05, 3.63) is 42.0 Å². The molecule has 19 heavy (non-hydrogen) atoms. The van der Waals surface area contributed by atoms with Crippen LogP contribution in [0.5, 0.6) is 5.75 Å². The van der Waals surface area contributed by atoms with Gasteiger partial charge in [0.25, 0.3) is 0 Å². The quantitative estimate of drug-likeness (QED) is 0.581. The molecule has 1 aliphatic rings. The summed E-state index contributed by atoms with van der Waals surface area (Å²) in [5, 5.41) is 0. The summed E-state index contributed by atoms with van der Waals surface area (Å²) in [7, 11) is 1.67. The average Bonchev–Trinajstić information content (AvgIpc) is 2.73. The van der Waals surface area contributed by atoms with E-state index in [2.05, 4.69) is 12.2 Å². The topological polar surface area (TPSA) is 27.7 Å². The highest BCUT2D eigenvalue weighted by Crippen LogP contribution is 2.13. The maximum absolute atomic E-state index is 5.70. The molecule has 0 fully saturated rings. The second-order valence-electron chi connectivity index (χ2n) is 4.67. The van der Waals surface area contributed by atoms with Crippen LogP contribution in [0, 0.1) is 0 Å². The zero-order chi connectivity index (χ0) is 13.3. The van der Waals surface area contributed by atoms with Gasteiger partial charge in [-0.25, -0.2) is 0 Å². The lowest BCUT2D eigenvalue weighted by Crippen LogP contribution is -2.12. The van der Waals surface area contributed by atoms with E-state index in [0.29, 0.717) is 6.61 Å². The van der Waals surface area contributed by atoms with Gasteiger partial charge in [0.2, 0.25) is 0 Å². The molecule has 1 atom stereocenters. The monoisotopic (exact) mass is 262 g/mol. The molecule has 0 unspecified atom stereocenters. The highest BCUT2D eigenvalue weighted by Gasteiger charge is 2.07. The van der Waals surface area contributed by atoms with E-state index in [1.165, 1.54) is 0 Å². The van der Waals surface area contributed by atoms with Gasteiger partial charge in [-0.05, 0) is 30.5 Å². The fourth-order valence-electron chi connectivity index (χ4n) is 2.03. The van der Waals surface area contributed by atoms with E-state index in [9.17, 15) is 0 Å². The molecule has 0 aromatic heterocycles. The Morgan fingerprint density at radius 2 is 2.11 bits per heavy atom. The van der Waals surface area contributed by atoms with E-state index >= 15 is 0 Å². The molecule has 1 aromatic rings. The number of ether oxygens (including phenoxy) is 3. The van der Waals surface area contributed by atoms with Crippen molar-refractivity contribution >= 4 is 0 Å². The number of hydrogen-bond acceptors (Lipinski definition) is 3. The Labute approximate surface area is 115 Å². The van der Waals surface area contributed by atoms with Crippen LogP contribution in [0.4, 0.5) is 0 Å². The molecule has 0 saturated heterocycles. The van der Waals surface area contributed by atoms with Gasteiger partial charge in [-0.3, -0.25) is 0 Å². The van der Waals surface area contributed by atoms with E-state index < -0.39 is 0 Å². The third-order valence-corrected chi connectivity index (χ3v) is 3.17. The third-order valence-electron chi connectivity index (χ3n) is 3.17. The number of benzene rings is 1. The van der Waals surface area contributed by atoms with Crippen LogP contribution in [-0.4, -0.2) is 26.4 Å². The van der Waals surface area contributed by atoms with Crippen LogP contribution in [-0.2, 0) is 16.1 Å². The van der Waals surface area contributed by atoms with Crippen LogP contribution in [0.3, 0.4) is 0 Å². The van der Waals surface area contributed by atoms with E-state index in [1.54, 1.807) is 7.11 Å². The minimum Gasteiger partial charge on any atom is -0.497 e. The molecule has 0 aliphatic carbocycles. The third kappa shape index (κ3) is 5.05. The number of hydrogen-bond donors (Lipinski definition) is 0. The second kappa shape index (κ2) is 7.97. The van der Waals surface area contributed by atoms with Crippen molar-refractivity contribution in [3.63, 3.8) is 0 Å². The van der Waals surface area contributed by atoms with Gasteiger partial charge >= 0.3 is 0 Å². The van der Waals surface area contributed by atoms with Gasteiger partial charge < -0.3 is 14.2 Å². The molecule has 1 aliphatic heterocycles. The summed E-state index contributed by atoms with van der Waals surface area (Å²) in [5.41, 5.74) is 1.16. The largest absolute Gasteiger partial charge is 0.497 e. The molecular weight excluding hydrogens is 240 g/mol. The highest BCUT2D eigenvalue weighted by molar-refractivity contribution is 5.26. The molecule has 1 heterocycles. The van der Waals surface area contributed by atoms with Crippen LogP contribution in [0.1, 0.15) is 24.8 Å². The normalized spacial score (nSPS) is 19.1. The van der Waals surface area contributed by atoms with Gasteiger partial charge in [-0.1, -0.05) is 24.3 Å². The number of allylic oxidation sites excluding steroid dienone is 1. The molecule has 0 saturated carbocycles. The van der Waals surface area contributed by atoms with Crippen molar-refractivity contribution in [2.24, 2.45) is 0 Å². The average molecular weight is 262 g/mol. The molecule has 104 valence electrons. The molecule has 2 rings (SSSR count). The molecular formula is C16H22O3. The number of methoxy groups -OCH3 is 1. The zero-order valence-corrected chi connectivity index (χ0v) is 11.5. The van der Waals surface area contributed by atoms with Gasteiger partial charge in [0.1, 0.15) is 5.75 Å². The Hall–Kier alpha value is -1.32. The van der Waals surface area contributed by atoms with Crippen molar-refractivity contribution in [3.8, 4) is 5.75 Å². The summed E-state index contributed by atoms with van der Waals surface area (Å²) < 4.78 is 16.5. The SMILES string of the molecule is COc1ccc(COCC[C@@H]2C=CCCCO2)cc1. The van der Waals surface area contributed by atoms with Crippen LogP contribution >= 0.6 is 0 Å². The summed E-state index contributed by atoms with van der Waals surface area (Å²) in [4.78, 5) is 0. The highest BCUT2D eigenvalue weighted by atomic mass is 16.5. The fraction of sp³-hybridized carbons (Fsp3) is 0.500. The van der Waals surface area contributed by atoms with Gasteiger partial charge in [-0.15, -0.1) is 0 Å². The zero-order valence-electron chi connectivity index (χ0n) is 11.5. The smallest absolute Gasteiger partial charge is 0.118 e. The van der Waals surface area contributed by atoms with E-state index in [-0.39, 0.29) is 6.10 Å². The first-order valence-electron chi connectivity index (χ1n) is 6.87. The lowest BCUT2D eigenvalue weighted by molar-refractivity contribution is 0.0441. The van der Waals surface area contributed by atoms with E-state index in [0.717, 1.165) is 43.8 Å². The van der Waals surface area contributed by atoms with E-state index in [1.807, 2.05) is 24.3 Å². The Balaban J connectivity index is 1.65. The molecule has 0 bridgehead atoms. The Morgan fingerprint density at radius 3 is 2.89 bits per heavy atom. The molecule has 0 spiro atoms. The fourth-order valence-corrected chi connectivity index (χ4v) is 2.03. The minimum absolute atomic E-state index is 0.221. The van der Waals surface area contributed by atoms with Crippen LogP contribution in [0.15, 0.2) is 36.4 Å². The maximum atomic E-state index is 5.70. The Kier molecular flexibility index (Phi) is 5.92. The van der Waals surface area contributed by atoms with Gasteiger partial charge in [-0.2, -0.15) is 0 Å². The summed E-state index contributed by atoms with van der Waals surface area (Å²) in [6.45, 7) is 2.22. The summed E-state index contributed by atoms with van der Waals surface area (Å²) in [5.74, 6) is 0.876. The molecule has 0 radical (unpaired) electrons. The van der Waals surface area contributed by atoms with Crippen molar-refractivity contribution in [1.82, 2.24) is 0 Å². The molecule has 0 N–H and O–H groups in total. The van der Waals surface area contributed by atoms with Crippen LogP contribution < -0.4 is 4.74 Å². The molecule has 3 heteroatoms. The van der Waals surface area contributed by atoms with Crippen molar-refractivity contribution in [2.75, 3.05) is 20.3 Å². The predicted molar refractivity (Wildman–Crippen MR) is 75.4 cm³/mol. The number of rotatable bonds is 6. The predicted octanol–water partition coefficient (Wildman–Crippen LogP) is 3.34.